The monoisotopic (exact) mass is 240 g/mol. The molecule has 0 radical (unpaired) electrons. The summed E-state index contributed by atoms with van der Waals surface area (Å²) in [5, 5.41) is 3.04. The predicted molar refractivity (Wildman–Crippen MR) is 71.6 cm³/mol. The lowest BCUT2D eigenvalue weighted by Crippen LogP contribution is -2.36. The summed E-state index contributed by atoms with van der Waals surface area (Å²) in [6.07, 6.45) is 8.11. The molecule has 1 amide bonds. The third-order valence-corrected chi connectivity index (χ3v) is 4.09. The number of carbonyl (C=O) groups excluding carboxylic acids is 1. The zero-order valence-corrected chi connectivity index (χ0v) is 11.4. The largest absolute Gasteiger partial charge is 0.354 e. The number of nitrogens with one attached hydrogen (secondary N) is 1. The van der Waals surface area contributed by atoms with Crippen LogP contribution in [0.3, 0.4) is 0 Å². The maximum absolute atomic E-state index is 11.9. The van der Waals surface area contributed by atoms with Gasteiger partial charge >= 0.3 is 0 Å². The second kappa shape index (κ2) is 7.70. The zero-order valence-electron chi connectivity index (χ0n) is 11.4. The lowest BCUT2D eigenvalue weighted by atomic mass is 9.78. The molecular weight excluding hydrogens is 212 g/mol. The van der Waals surface area contributed by atoms with E-state index >= 15 is 0 Å². The predicted octanol–water partition coefficient (Wildman–Crippen LogP) is 2.45. The molecule has 3 heteroatoms. The van der Waals surface area contributed by atoms with Crippen LogP contribution >= 0.6 is 0 Å². The fourth-order valence-electron chi connectivity index (χ4n) is 2.72. The second-order valence-electron chi connectivity index (χ2n) is 5.47. The number of nitrogens with two attached hydrogens (primary N) is 1. The van der Waals surface area contributed by atoms with Gasteiger partial charge in [-0.1, -0.05) is 39.0 Å². The first-order valence-electron chi connectivity index (χ1n) is 7.16. The molecule has 17 heavy (non-hydrogen) atoms. The van der Waals surface area contributed by atoms with E-state index in [0.717, 1.165) is 6.42 Å². The molecule has 3 nitrogen and oxygen atoms in total. The molecule has 1 rings (SSSR count). The van der Waals surface area contributed by atoms with Crippen LogP contribution in [0.1, 0.15) is 58.8 Å². The van der Waals surface area contributed by atoms with E-state index in [2.05, 4.69) is 19.2 Å². The number of amides is 1. The summed E-state index contributed by atoms with van der Waals surface area (Å²) < 4.78 is 0. The molecule has 2 atom stereocenters. The van der Waals surface area contributed by atoms with Crippen molar-refractivity contribution in [3.8, 4) is 0 Å². The highest BCUT2D eigenvalue weighted by Crippen LogP contribution is 2.31. The van der Waals surface area contributed by atoms with E-state index in [-0.39, 0.29) is 11.9 Å². The normalized spacial score (nSPS) is 20.9. The molecule has 0 aliphatic heterocycles. The van der Waals surface area contributed by atoms with Gasteiger partial charge in [-0.05, 0) is 31.7 Å². The third kappa shape index (κ3) is 5.07. The SMILES string of the molecule is CCC(C)NC(=O)CC(CN)C1CCCCC1. The van der Waals surface area contributed by atoms with E-state index in [4.69, 9.17) is 5.73 Å². The van der Waals surface area contributed by atoms with Gasteiger partial charge in [0.15, 0.2) is 0 Å². The van der Waals surface area contributed by atoms with Gasteiger partial charge in [-0.25, -0.2) is 0 Å². The van der Waals surface area contributed by atoms with Crippen molar-refractivity contribution < 1.29 is 4.79 Å². The maximum Gasteiger partial charge on any atom is 0.220 e. The lowest BCUT2D eigenvalue weighted by molar-refractivity contribution is -0.123. The Kier molecular flexibility index (Phi) is 6.56. The Morgan fingerprint density at radius 1 is 1.35 bits per heavy atom. The van der Waals surface area contributed by atoms with E-state index in [0.29, 0.717) is 24.8 Å². The van der Waals surface area contributed by atoms with Crippen LogP contribution in [0.5, 0.6) is 0 Å². The molecule has 1 fully saturated rings. The van der Waals surface area contributed by atoms with E-state index in [1.165, 1.54) is 32.1 Å². The highest BCUT2D eigenvalue weighted by molar-refractivity contribution is 5.76. The molecule has 0 spiro atoms. The van der Waals surface area contributed by atoms with Gasteiger partial charge in [-0.15, -0.1) is 0 Å². The fraction of sp³-hybridized carbons (Fsp3) is 0.929. The molecular formula is C14H28N2O. The Morgan fingerprint density at radius 2 is 2.00 bits per heavy atom. The van der Waals surface area contributed by atoms with Crippen LogP contribution in [0.4, 0.5) is 0 Å². The minimum absolute atomic E-state index is 0.181. The minimum atomic E-state index is 0.181. The van der Waals surface area contributed by atoms with Crippen LogP contribution in [0, 0.1) is 11.8 Å². The first-order valence-corrected chi connectivity index (χ1v) is 7.16. The Bertz CT molecular complexity index is 224. The standard InChI is InChI=1S/C14H28N2O/c1-3-11(2)16-14(17)9-13(10-15)12-7-5-4-6-8-12/h11-13H,3-10,15H2,1-2H3,(H,16,17). The Morgan fingerprint density at radius 3 is 2.53 bits per heavy atom. The van der Waals surface area contributed by atoms with Crippen LogP contribution in [0.2, 0.25) is 0 Å². The first-order chi connectivity index (χ1) is 8.17. The van der Waals surface area contributed by atoms with Crippen molar-refractivity contribution in [2.24, 2.45) is 17.6 Å². The summed E-state index contributed by atoms with van der Waals surface area (Å²) in [4.78, 5) is 11.9. The van der Waals surface area contributed by atoms with E-state index in [1.807, 2.05) is 0 Å². The van der Waals surface area contributed by atoms with Crippen LogP contribution in [-0.4, -0.2) is 18.5 Å². The molecule has 0 aromatic rings. The zero-order chi connectivity index (χ0) is 12.7. The summed E-state index contributed by atoms with van der Waals surface area (Å²) in [6.45, 7) is 4.79. The number of rotatable bonds is 6. The molecule has 1 aliphatic rings. The third-order valence-electron chi connectivity index (χ3n) is 4.09. The molecule has 100 valence electrons. The van der Waals surface area contributed by atoms with Crippen molar-refractivity contribution in [1.82, 2.24) is 5.32 Å². The summed E-state index contributed by atoms with van der Waals surface area (Å²) in [5.74, 6) is 1.25. The van der Waals surface area contributed by atoms with E-state index < -0.39 is 0 Å². The minimum Gasteiger partial charge on any atom is -0.354 e. The van der Waals surface area contributed by atoms with Crippen molar-refractivity contribution in [3.05, 3.63) is 0 Å². The number of hydrogen-bond donors (Lipinski definition) is 2. The van der Waals surface area contributed by atoms with Crippen LogP contribution in [-0.2, 0) is 4.79 Å². The van der Waals surface area contributed by atoms with Gasteiger partial charge in [0.2, 0.25) is 5.91 Å². The average Bonchev–Trinajstić information content (AvgIpc) is 2.36. The summed E-state index contributed by atoms with van der Waals surface area (Å²) in [5.41, 5.74) is 5.84. The molecule has 1 saturated carbocycles. The number of carbonyl (C=O) groups is 1. The van der Waals surface area contributed by atoms with Crippen LogP contribution < -0.4 is 11.1 Å². The Labute approximate surface area is 106 Å². The maximum atomic E-state index is 11.9. The van der Waals surface area contributed by atoms with Gasteiger partial charge in [0.05, 0.1) is 0 Å². The van der Waals surface area contributed by atoms with Gasteiger partial charge in [0.1, 0.15) is 0 Å². The Hall–Kier alpha value is -0.570. The van der Waals surface area contributed by atoms with Crippen LogP contribution in [0.15, 0.2) is 0 Å². The molecule has 0 saturated heterocycles. The highest BCUT2D eigenvalue weighted by atomic mass is 16.1. The van der Waals surface area contributed by atoms with Gasteiger partial charge in [-0.2, -0.15) is 0 Å². The molecule has 0 heterocycles. The van der Waals surface area contributed by atoms with Gasteiger partial charge in [0.25, 0.3) is 0 Å². The fourth-order valence-corrected chi connectivity index (χ4v) is 2.72. The molecule has 0 aromatic heterocycles. The Balaban J connectivity index is 2.37. The van der Waals surface area contributed by atoms with Crippen molar-refractivity contribution in [2.75, 3.05) is 6.54 Å². The molecule has 0 bridgehead atoms. The van der Waals surface area contributed by atoms with Crippen molar-refractivity contribution in [3.63, 3.8) is 0 Å². The van der Waals surface area contributed by atoms with Crippen molar-refractivity contribution >= 4 is 5.91 Å². The number of hydrogen-bond acceptors (Lipinski definition) is 2. The summed E-state index contributed by atoms with van der Waals surface area (Å²) in [6, 6.07) is 0.285. The van der Waals surface area contributed by atoms with Crippen molar-refractivity contribution in [1.29, 1.82) is 0 Å². The summed E-state index contributed by atoms with van der Waals surface area (Å²) >= 11 is 0. The van der Waals surface area contributed by atoms with Crippen LogP contribution in [0.25, 0.3) is 0 Å². The molecule has 0 aromatic carbocycles. The molecule has 1 aliphatic carbocycles. The smallest absolute Gasteiger partial charge is 0.220 e. The van der Waals surface area contributed by atoms with E-state index in [9.17, 15) is 4.79 Å². The van der Waals surface area contributed by atoms with E-state index in [1.54, 1.807) is 0 Å². The second-order valence-corrected chi connectivity index (χ2v) is 5.47. The van der Waals surface area contributed by atoms with Gasteiger partial charge in [0, 0.05) is 12.5 Å². The molecule has 2 unspecified atom stereocenters. The van der Waals surface area contributed by atoms with Crippen molar-refractivity contribution in [2.45, 2.75) is 64.8 Å². The highest BCUT2D eigenvalue weighted by Gasteiger charge is 2.24. The summed E-state index contributed by atoms with van der Waals surface area (Å²) in [7, 11) is 0. The quantitative estimate of drug-likeness (QED) is 0.749. The van der Waals surface area contributed by atoms with Gasteiger partial charge in [-0.3, -0.25) is 4.79 Å². The average molecular weight is 240 g/mol. The molecule has 3 N–H and O–H groups in total. The lowest BCUT2D eigenvalue weighted by Gasteiger charge is -2.29. The topological polar surface area (TPSA) is 55.1 Å². The first kappa shape index (κ1) is 14.5. The van der Waals surface area contributed by atoms with Gasteiger partial charge < -0.3 is 11.1 Å².